The number of hydrogen-bond donors (Lipinski definition) is 3. The molecule has 1 rings (SSSR count). The molecule has 17 heavy (non-hydrogen) atoms. The summed E-state index contributed by atoms with van der Waals surface area (Å²) < 4.78 is 0. The topological polar surface area (TPSA) is 75.4 Å². The van der Waals surface area contributed by atoms with Crippen LogP contribution in [-0.4, -0.2) is 17.6 Å². The van der Waals surface area contributed by atoms with Gasteiger partial charge in [0.15, 0.2) is 0 Å². The summed E-state index contributed by atoms with van der Waals surface area (Å²) in [7, 11) is 0. The van der Waals surface area contributed by atoms with E-state index in [2.05, 4.69) is 5.32 Å². The van der Waals surface area contributed by atoms with Gasteiger partial charge in [-0.3, -0.25) is 4.79 Å². The van der Waals surface area contributed by atoms with Gasteiger partial charge in [-0.2, -0.15) is 0 Å². The van der Waals surface area contributed by atoms with Crippen molar-refractivity contribution in [3.05, 3.63) is 29.8 Å². The van der Waals surface area contributed by atoms with Crippen LogP contribution in [0.1, 0.15) is 31.9 Å². The fourth-order valence-corrected chi connectivity index (χ4v) is 1.58. The molecule has 94 valence electrons. The van der Waals surface area contributed by atoms with Crippen molar-refractivity contribution in [1.29, 1.82) is 0 Å². The van der Waals surface area contributed by atoms with E-state index in [9.17, 15) is 9.90 Å². The lowest BCUT2D eigenvalue weighted by atomic mass is 10.1. The summed E-state index contributed by atoms with van der Waals surface area (Å²) in [4.78, 5) is 11.7. The Labute approximate surface area is 102 Å². The fraction of sp³-hybridized carbons (Fsp3) is 0.462. The molecule has 4 N–H and O–H groups in total. The number of hydrogen-bond acceptors (Lipinski definition) is 3. The highest BCUT2D eigenvalue weighted by Crippen LogP contribution is 2.22. The molecule has 2 atom stereocenters. The van der Waals surface area contributed by atoms with Gasteiger partial charge in [0.2, 0.25) is 5.91 Å². The van der Waals surface area contributed by atoms with Crippen LogP contribution in [0.5, 0.6) is 0 Å². The first-order valence-corrected chi connectivity index (χ1v) is 5.81. The minimum Gasteiger partial charge on any atom is -0.389 e. The molecule has 0 aliphatic carbocycles. The molecular formula is C13H20N2O2. The molecule has 0 aliphatic rings. The Morgan fingerprint density at radius 1 is 1.41 bits per heavy atom. The van der Waals surface area contributed by atoms with Gasteiger partial charge in [0.25, 0.3) is 0 Å². The van der Waals surface area contributed by atoms with Gasteiger partial charge in [0.05, 0.1) is 6.10 Å². The Kier molecular flexibility index (Phi) is 5.12. The zero-order valence-electron chi connectivity index (χ0n) is 10.3. The van der Waals surface area contributed by atoms with Crippen LogP contribution in [0.15, 0.2) is 24.3 Å². The molecule has 2 unspecified atom stereocenters. The maximum atomic E-state index is 11.7. The van der Waals surface area contributed by atoms with Gasteiger partial charge in [-0.05, 0) is 25.5 Å². The maximum Gasteiger partial charge on any atom is 0.224 e. The van der Waals surface area contributed by atoms with Gasteiger partial charge >= 0.3 is 0 Å². The number of nitrogens with one attached hydrogen (secondary N) is 1. The Morgan fingerprint density at radius 2 is 2.06 bits per heavy atom. The van der Waals surface area contributed by atoms with Crippen molar-refractivity contribution in [3.63, 3.8) is 0 Å². The first-order valence-electron chi connectivity index (χ1n) is 5.81. The van der Waals surface area contributed by atoms with E-state index in [1.165, 1.54) is 0 Å². The number of amides is 1. The van der Waals surface area contributed by atoms with Gasteiger partial charge in [-0.25, -0.2) is 0 Å². The largest absolute Gasteiger partial charge is 0.389 e. The van der Waals surface area contributed by atoms with Crippen LogP contribution in [0.25, 0.3) is 0 Å². The lowest BCUT2D eigenvalue weighted by Gasteiger charge is -2.14. The smallest absolute Gasteiger partial charge is 0.224 e. The number of carbonyl (C=O) groups is 1. The van der Waals surface area contributed by atoms with Crippen molar-refractivity contribution >= 4 is 11.6 Å². The monoisotopic (exact) mass is 236 g/mol. The van der Waals surface area contributed by atoms with Crippen LogP contribution in [-0.2, 0) is 4.79 Å². The first kappa shape index (κ1) is 13.7. The van der Waals surface area contributed by atoms with Crippen LogP contribution in [0.4, 0.5) is 5.69 Å². The quantitative estimate of drug-likeness (QED) is 0.727. The normalized spacial score (nSPS) is 14.1. The lowest BCUT2D eigenvalue weighted by molar-refractivity contribution is -0.116. The molecule has 1 aromatic carbocycles. The third-order valence-corrected chi connectivity index (χ3v) is 2.62. The summed E-state index contributed by atoms with van der Waals surface area (Å²) in [5, 5.41) is 12.4. The van der Waals surface area contributed by atoms with Crippen LogP contribution < -0.4 is 11.1 Å². The van der Waals surface area contributed by atoms with Crippen molar-refractivity contribution in [1.82, 2.24) is 0 Å². The van der Waals surface area contributed by atoms with E-state index in [0.29, 0.717) is 18.7 Å². The minimum absolute atomic E-state index is 0.0731. The SMILES string of the molecule is CC(CN)CC(=O)Nc1ccccc1C(C)O. The summed E-state index contributed by atoms with van der Waals surface area (Å²) in [6.45, 7) is 4.10. The molecule has 0 bridgehead atoms. The molecule has 4 nitrogen and oxygen atoms in total. The molecule has 0 saturated carbocycles. The number of nitrogens with two attached hydrogens (primary N) is 1. The predicted molar refractivity (Wildman–Crippen MR) is 68.5 cm³/mol. The fourth-order valence-electron chi connectivity index (χ4n) is 1.58. The second kappa shape index (κ2) is 6.37. The molecule has 0 aliphatic heterocycles. The zero-order valence-corrected chi connectivity index (χ0v) is 10.3. The molecular weight excluding hydrogens is 216 g/mol. The molecule has 0 spiro atoms. The number of aliphatic hydroxyl groups excluding tert-OH is 1. The first-order chi connectivity index (χ1) is 8.04. The highest BCUT2D eigenvalue weighted by Gasteiger charge is 2.11. The number of anilines is 1. The van der Waals surface area contributed by atoms with Crippen LogP contribution >= 0.6 is 0 Å². The van der Waals surface area contributed by atoms with E-state index < -0.39 is 6.10 Å². The van der Waals surface area contributed by atoms with Crippen molar-refractivity contribution in [2.45, 2.75) is 26.4 Å². The number of para-hydroxylation sites is 1. The number of rotatable bonds is 5. The molecule has 0 aromatic heterocycles. The van der Waals surface area contributed by atoms with Crippen molar-refractivity contribution in [3.8, 4) is 0 Å². The predicted octanol–water partition coefficient (Wildman–Crippen LogP) is 1.66. The van der Waals surface area contributed by atoms with Crippen molar-refractivity contribution < 1.29 is 9.90 Å². The third kappa shape index (κ3) is 4.17. The minimum atomic E-state index is -0.599. The molecule has 0 saturated heterocycles. The summed E-state index contributed by atoms with van der Waals surface area (Å²) in [6, 6.07) is 7.24. The van der Waals surface area contributed by atoms with E-state index in [1.807, 2.05) is 19.1 Å². The summed E-state index contributed by atoms with van der Waals surface area (Å²) >= 11 is 0. The molecule has 1 amide bonds. The van der Waals surface area contributed by atoms with Gasteiger partial charge in [0, 0.05) is 17.7 Å². The highest BCUT2D eigenvalue weighted by atomic mass is 16.3. The summed E-state index contributed by atoms with van der Waals surface area (Å²) in [6.07, 6.45) is -0.205. The van der Waals surface area contributed by atoms with Crippen molar-refractivity contribution in [2.24, 2.45) is 11.7 Å². The highest BCUT2D eigenvalue weighted by molar-refractivity contribution is 5.91. The van der Waals surface area contributed by atoms with Crippen molar-refractivity contribution in [2.75, 3.05) is 11.9 Å². The number of benzene rings is 1. The Bertz CT molecular complexity index is 377. The van der Waals surface area contributed by atoms with Gasteiger partial charge < -0.3 is 16.2 Å². The standard InChI is InChI=1S/C13H20N2O2/c1-9(8-14)7-13(17)15-12-6-4-3-5-11(12)10(2)16/h3-6,9-10,16H,7-8,14H2,1-2H3,(H,15,17). The van der Waals surface area contributed by atoms with E-state index in [4.69, 9.17) is 5.73 Å². The average Bonchev–Trinajstić information content (AvgIpc) is 2.29. The maximum absolute atomic E-state index is 11.7. The average molecular weight is 236 g/mol. The summed E-state index contributed by atoms with van der Waals surface area (Å²) in [5.74, 6) is 0.0877. The van der Waals surface area contributed by atoms with Gasteiger partial charge in [0.1, 0.15) is 0 Å². The number of aliphatic hydroxyl groups is 1. The summed E-state index contributed by atoms with van der Waals surface area (Å²) in [5.41, 5.74) is 6.86. The lowest BCUT2D eigenvalue weighted by Crippen LogP contribution is -2.20. The second-order valence-electron chi connectivity index (χ2n) is 4.36. The number of carbonyl (C=O) groups excluding carboxylic acids is 1. The zero-order chi connectivity index (χ0) is 12.8. The van der Waals surface area contributed by atoms with E-state index in [1.54, 1.807) is 19.1 Å². The molecule has 0 radical (unpaired) electrons. The van der Waals surface area contributed by atoms with E-state index >= 15 is 0 Å². The van der Waals surface area contributed by atoms with Crippen LogP contribution in [0, 0.1) is 5.92 Å². The molecule has 4 heteroatoms. The second-order valence-corrected chi connectivity index (χ2v) is 4.36. The van der Waals surface area contributed by atoms with Crippen LogP contribution in [0.3, 0.4) is 0 Å². The molecule has 1 aromatic rings. The Balaban J connectivity index is 2.71. The Hall–Kier alpha value is -1.39. The Morgan fingerprint density at radius 3 is 2.65 bits per heavy atom. The van der Waals surface area contributed by atoms with E-state index in [-0.39, 0.29) is 11.8 Å². The molecule has 0 fully saturated rings. The van der Waals surface area contributed by atoms with E-state index in [0.717, 1.165) is 5.56 Å². The van der Waals surface area contributed by atoms with Crippen LogP contribution in [0.2, 0.25) is 0 Å². The van der Waals surface area contributed by atoms with Gasteiger partial charge in [-0.15, -0.1) is 0 Å². The molecule has 0 heterocycles. The van der Waals surface area contributed by atoms with Gasteiger partial charge in [-0.1, -0.05) is 25.1 Å². The third-order valence-electron chi connectivity index (χ3n) is 2.62.